The zero-order chi connectivity index (χ0) is 23.6. The third-order valence-corrected chi connectivity index (χ3v) is 8.30. The molecule has 33 heavy (non-hydrogen) atoms. The van der Waals surface area contributed by atoms with Crippen LogP contribution in [0.2, 0.25) is 0 Å². The molecule has 0 radical (unpaired) electrons. The highest BCUT2D eigenvalue weighted by Crippen LogP contribution is 2.29. The number of fused-ring (bicyclic) bond motifs is 1. The van der Waals surface area contributed by atoms with Crippen LogP contribution >= 0.6 is 11.3 Å². The Kier molecular flexibility index (Phi) is 6.63. The second-order valence-electron chi connectivity index (χ2n) is 7.56. The molecule has 0 bridgehead atoms. The molecule has 4 rings (SSSR count). The maximum Gasteiger partial charge on any atom is 0.337 e. The number of nitrogens with zero attached hydrogens (tertiary/aromatic N) is 2. The van der Waals surface area contributed by atoms with Crippen LogP contribution in [0.5, 0.6) is 5.75 Å². The average Bonchev–Trinajstić information content (AvgIpc) is 3.25. The fraction of sp³-hybridized carbons (Fsp3) is 0.318. The molecule has 1 amide bonds. The van der Waals surface area contributed by atoms with Gasteiger partial charge >= 0.3 is 5.97 Å². The van der Waals surface area contributed by atoms with Gasteiger partial charge in [0.2, 0.25) is 15.9 Å². The van der Waals surface area contributed by atoms with E-state index in [1.807, 2.05) is 0 Å². The van der Waals surface area contributed by atoms with Crippen molar-refractivity contribution in [2.45, 2.75) is 17.7 Å². The molecule has 2 heterocycles. The Hall–Kier alpha value is -3.02. The molecule has 0 aliphatic carbocycles. The van der Waals surface area contributed by atoms with Gasteiger partial charge in [0.1, 0.15) is 5.75 Å². The Morgan fingerprint density at radius 1 is 1.15 bits per heavy atom. The SMILES string of the molecule is COC(=O)c1ccc2nc(NC(=O)C3CCCN(S(=O)(=O)c4ccc(OC)cc4)C3)sc2c1. The molecule has 174 valence electrons. The van der Waals surface area contributed by atoms with Gasteiger partial charge in [0, 0.05) is 13.1 Å². The van der Waals surface area contributed by atoms with Crippen molar-refractivity contribution in [2.24, 2.45) is 5.92 Å². The van der Waals surface area contributed by atoms with Crippen molar-refractivity contribution in [3.63, 3.8) is 0 Å². The van der Waals surface area contributed by atoms with Crippen LogP contribution in [0.3, 0.4) is 0 Å². The Labute approximate surface area is 195 Å². The van der Waals surface area contributed by atoms with Gasteiger partial charge < -0.3 is 14.8 Å². The van der Waals surface area contributed by atoms with Crippen LogP contribution in [0.25, 0.3) is 10.2 Å². The Morgan fingerprint density at radius 3 is 2.61 bits per heavy atom. The standard InChI is InChI=1S/C22H23N3O6S2/c1-30-16-6-8-17(9-7-16)33(28,29)25-11-3-4-15(13-25)20(26)24-22-23-18-10-5-14(21(27)31-2)12-19(18)32-22/h5-10,12,15H,3-4,11,13H2,1-2H3,(H,23,24,26). The van der Waals surface area contributed by atoms with E-state index in [4.69, 9.17) is 9.47 Å². The van der Waals surface area contributed by atoms with E-state index in [0.717, 1.165) is 4.70 Å². The normalized spacial score (nSPS) is 17.0. The lowest BCUT2D eigenvalue weighted by Gasteiger charge is -2.31. The molecule has 0 saturated carbocycles. The highest BCUT2D eigenvalue weighted by atomic mass is 32.2. The summed E-state index contributed by atoms with van der Waals surface area (Å²) in [6.45, 7) is 0.452. The number of amides is 1. The van der Waals surface area contributed by atoms with Crippen molar-refractivity contribution in [3.05, 3.63) is 48.0 Å². The lowest BCUT2D eigenvalue weighted by Crippen LogP contribution is -2.43. The highest BCUT2D eigenvalue weighted by molar-refractivity contribution is 7.89. The van der Waals surface area contributed by atoms with E-state index in [1.165, 1.54) is 42.0 Å². The lowest BCUT2D eigenvalue weighted by atomic mass is 9.99. The number of methoxy groups -OCH3 is 2. The average molecular weight is 490 g/mol. The van der Waals surface area contributed by atoms with Gasteiger partial charge in [-0.1, -0.05) is 11.3 Å². The molecule has 1 aliphatic rings. The number of piperidine rings is 1. The number of anilines is 1. The molecule has 2 aromatic carbocycles. The minimum atomic E-state index is -3.72. The van der Waals surface area contributed by atoms with E-state index in [0.29, 0.717) is 41.3 Å². The number of hydrogen-bond acceptors (Lipinski definition) is 8. The molecule has 1 N–H and O–H groups in total. The summed E-state index contributed by atoms with van der Waals surface area (Å²) >= 11 is 1.24. The predicted octanol–water partition coefficient (Wildman–Crippen LogP) is 3.13. The van der Waals surface area contributed by atoms with E-state index in [9.17, 15) is 18.0 Å². The number of esters is 1. The molecule has 1 saturated heterocycles. The zero-order valence-corrected chi connectivity index (χ0v) is 19.7. The molecular formula is C22H23N3O6S2. The lowest BCUT2D eigenvalue weighted by molar-refractivity contribution is -0.120. The number of hydrogen-bond donors (Lipinski definition) is 1. The monoisotopic (exact) mass is 489 g/mol. The van der Waals surface area contributed by atoms with Crippen molar-refractivity contribution in [1.29, 1.82) is 0 Å². The van der Waals surface area contributed by atoms with Crippen LogP contribution in [-0.2, 0) is 19.6 Å². The van der Waals surface area contributed by atoms with Crippen molar-refractivity contribution >= 4 is 48.6 Å². The highest BCUT2D eigenvalue weighted by Gasteiger charge is 2.33. The van der Waals surface area contributed by atoms with Crippen LogP contribution < -0.4 is 10.1 Å². The van der Waals surface area contributed by atoms with E-state index in [2.05, 4.69) is 10.3 Å². The Balaban J connectivity index is 1.46. The van der Waals surface area contributed by atoms with Crippen molar-refractivity contribution in [1.82, 2.24) is 9.29 Å². The first-order valence-corrected chi connectivity index (χ1v) is 12.5. The second-order valence-corrected chi connectivity index (χ2v) is 10.5. The van der Waals surface area contributed by atoms with Crippen LogP contribution in [-0.4, -0.2) is 56.9 Å². The smallest absolute Gasteiger partial charge is 0.337 e. The molecule has 3 aromatic rings. The third-order valence-electron chi connectivity index (χ3n) is 5.49. The van der Waals surface area contributed by atoms with E-state index in [1.54, 1.807) is 30.3 Å². The predicted molar refractivity (Wildman–Crippen MR) is 124 cm³/mol. The first-order valence-electron chi connectivity index (χ1n) is 10.3. The Bertz CT molecular complexity index is 1290. The molecule has 1 aliphatic heterocycles. The third kappa shape index (κ3) is 4.85. The fourth-order valence-corrected chi connectivity index (χ4v) is 6.13. The largest absolute Gasteiger partial charge is 0.497 e. The summed E-state index contributed by atoms with van der Waals surface area (Å²) in [6, 6.07) is 11.2. The second kappa shape index (κ2) is 9.46. The number of benzene rings is 2. The van der Waals surface area contributed by atoms with Crippen molar-refractivity contribution < 1.29 is 27.5 Å². The first kappa shape index (κ1) is 23.1. The van der Waals surface area contributed by atoms with E-state index < -0.39 is 21.9 Å². The number of carbonyl (C=O) groups excluding carboxylic acids is 2. The molecule has 9 nitrogen and oxygen atoms in total. The van der Waals surface area contributed by atoms with Crippen LogP contribution in [0.15, 0.2) is 47.4 Å². The molecule has 11 heteroatoms. The molecule has 0 spiro atoms. The van der Waals surface area contributed by atoms with Gasteiger partial charge in [-0.05, 0) is 55.3 Å². The minimum Gasteiger partial charge on any atom is -0.497 e. The summed E-state index contributed by atoms with van der Waals surface area (Å²) < 4.78 is 38.0. The summed E-state index contributed by atoms with van der Waals surface area (Å²) in [5.74, 6) is -0.656. The van der Waals surface area contributed by atoms with Gasteiger partial charge in [-0.25, -0.2) is 18.2 Å². The quantitative estimate of drug-likeness (QED) is 0.529. The van der Waals surface area contributed by atoms with E-state index in [-0.39, 0.29) is 17.3 Å². The molecule has 1 unspecified atom stereocenters. The number of sulfonamides is 1. The van der Waals surface area contributed by atoms with Gasteiger partial charge in [-0.15, -0.1) is 0 Å². The minimum absolute atomic E-state index is 0.0948. The van der Waals surface area contributed by atoms with Crippen LogP contribution in [0.1, 0.15) is 23.2 Å². The first-order chi connectivity index (χ1) is 15.8. The number of ether oxygens (including phenoxy) is 2. The van der Waals surface area contributed by atoms with Crippen molar-refractivity contribution in [2.75, 3.05) is 32.6 Å². The van der Waals surface area contributed by atoms with Gasteiger partial charge in [-0.2, -0.15) is 4.31 Å². The van der Waals surface area contributed by atoms with Crippen LogP contribution in [0, 0.1) is 5.92 Å². The Morgan fingerprint density at radius 2 is 1.91 bits per heavy atom. The van der Waals surface area contributed by atoms with Gasteiger partial charge in [-0.3, -0.25) is 4.79 Å². The maximum atomic E-state index is 13.0. The molecule has 1 atom stereocenters. The number of rotatable bonds is 6. The molecule has 1 fully saturated rings. The summed E-state index contributed by atoms with van der Waals surface area (Å²) in [5.41, 5.74) is 1.05. The summed E-state index contributed by atoms with van der Waals surface area (Å²) in [4.78, 5) is 29.2. The van der Waals surface area contributed by atoms with Gasteiger partial charge in [0.05, 0.1) is 40.8 Å². The maximum absolute atomic E-state index is 13.0. The number of nitrogens with one attached hydrogen (secondary N) is 1. The summed E-state index contributed by atoms with van der Waals surface area (Å²) in [6.07, 6.45) is 1.16. The number of thiazole rings is 1. The van der Waals surface area contributed by atoms with Crippen molar-refractivity contribution in [3.8, 4) is 5.75 Å². The zero-order valence-electron chi connectivity index (χ0n) is 18.1. The van der Waals surface area contributed by atoms with Gasteiger partial charge in [0.15, 0.2) is 5.13 Å². The summed E-state index contributed by atoms with van der Waals surface area (Å²) in [5, 5.41) is 3.20. The molecular weight excluding hydrogens is 466 g/mol. The summed E-state index contributed by atoms with van der Waals surface area (Å²) in [7, 11) is -0.894. The molecule has 1 aromatic heterocycles. The van der Waals surface area contributed by atoms with Gasteiger partial charge in [0.25, 0.3) is 0 Å². The van der Waals surface area contributed by atoms with E-state index >= 15 is 0 Å². The van der Waals surface area contributed by atoms with Crippen LogP contribution in [0.4, 0.5) is 5.13 Å². The number of carbonyl (C=O) groups is 2. The topological polar surface area (TPSA) is 115 Å². The number of aromatic nitrogens is 1. The fourth-order valence-electron chi connectivity index (χ4n) is 3.70.